The molecule has 2 amide bonds. The molecule has 0 saturated carbocycles. The topological polar surface area (TPSA) is 106 Å². The maximum absolute atomic E-state index is 11.5. The maximum atomic E-state index is 11.5. The summed E-state index contributed by atoms with van der Waals surface area (Å²) in [5.74, 6) is -1.39. The molecule has 0 rings (SSSR count). The number of nitrogens with zero attached hydrogens (tertiary/aromatic N) is 1. The van der Waals surface area contributed by atoms with Crippen molar-refractivity contribution in [2.75, 3.05) is 19.6 Å². The third-order valence-corrected chi connectivity index (χ3v) is 2.57. The highest BCUT2D eigenvalue weighted by atomic mass is 35.5. The van der Waals surface area contributed by atoms with E-state index < -0.39 is 24.3 Å². The molecule has 0 aliphatic carbocycles. The molecule has 0 aromatic carbocycles. The van der Waals surface area contributed by atoms with Crippen LogP contribution in [0.2, 0.25) is 0 Å². The summed E-state index contributed by atoms with van der Waals surface area (Å²) in [5.41, 5.74) is 5.98. The van der Waals surface area contributed by atoms with Crippen LogP contribution in [-0.4, -0.2) is 48.8 Å². The average Bonchev–Trinajstić information content (AvgIpc) is 2.28. The predicted molar refractivity (Wildman–Crippen MR) is 89.2 cm³/mol. The van der Waals surface area contributed by atoms with Crippen LogP contribution in [0.15, 0.2) is 0 Å². The number of ether oxygens (including phenoxy) is 2. The number of alkyl carbamates (subject to hydrolysis) is 2. The molecule has 0 heterocycles. The molecule has 0 aromatic rings. The number of carbonyl (C=O) groups excluding carboxylic acids is 2. The molecule has 0 aliphatic heterocycles. The van der Waals surface area contributed by atoms with E-state index in [1.54, 1.807) is 25.7 Å². The summed E-state index contributed by atoms with van der Waals surface area (Å²) in [5, 5.41) is 5.01. The molecular formula is C12H28Cl2N4O4. The van der Waals surface area contributed by atoms with Gasteiger partial charge in [0.2, 0.25) is 5.85 Å². The Bertz CT molecular complexity index is 332. The number of nitrogens with two attached hydrogens (primary N) is 1. The Hall–Kier alpha value is -0.960. The highest BCUT2D eigenvalue weighted by molar-refractivity contribution is 5.85. The van der Waals surface area contributed by atoms with Crippen LogP contribution in [0.1, 0.15) is 34.6 Å². The molecule has 0 bridgehead atoms. The fourth-order valence-corrected chi connectivity index (χ4v) is 1.76. The average molecular weight is 363 g/mol. The third kappa shape index (κ3) is 9.14. The summed E-state index contributed by atoms with van der Waals surface area (Å²) < 4.78 is 10.3. The van der Waals surface area contributed by atoms with E-state index in [0.717, 1.165) is 0 Å². The largest absolute Gasteiger partial charge is 0.430 e. The molecule has 0 saturated heterocycles. The number of amides is 2. The monoisotopic (exact) mass is 362 g/mol. The Kier molecular flexibility index (Phi) is 14.8. The van der Waals surface area contributed by atoms with Crippen molar-refractivity contribution in [2.24, 2.45) is 5.73 Å². The Balaban J connectivity index is -0.00000180. The van der Waals surface area contributed by atoms with E-state index in [0.29, 0.717) is 19.6 Å². The van der Waals surface area contributed by atoms with Gasteiger partial charge in [-0.25, -0.2) is 14.5 Å². The minimum Gasteiger partial charge on any atom is -0.430 e. The normalized spacial score (nSPS) is 13.8. The molecule has 2 unspecified atom stereocenters. The van der Waals surface area contributed by atoms with Gasteiger partial charge in [0.25, 0.3) is 0 Å². The van der Waals surface area contributed by atoms with Gasteiger partial charge in [0, 0.05) is 26.6 Å². The van der Waals surface area contributed by atoms with Crippen LogP contribution in [-0.2, 0) is 9.47 Å². The lowest BCUT2D eigenvalue weighted by atomic mass is 10.3. The zero-order chi connectivity index (χ0) is 15.8. The smallest absolute Gasteiger partial charge is 0.409 e. The van der Waals surface area contributed by atoms with Crippen LogP contribution in [0.3, 0.4) is 0 Å². The van der Waals surface area contributed by atoms with Gasteiger partial charge in [-0.1, -0.05) is 6.92 Å². The SMILES string of the molecule is CCNC(=O)OC(C)N(CC)C(C)(N)OC(=O)NCC.Cl.Cl. The van der Waals surface area contributed by atoms with Crippen LogP contribution in [0.4, 0.5) is 9.59 Å². The Labute approximate surface area is 144 Å². The molecule has 0 aromatic heterocycles. The van der Waals surface area contributed by atoms with Gasteiger partial charge in [0.05, 0.1) is 0 Å². The van der Waals surface area contributed by atoms with Gasteiger partial charge in [-0.2, -0.15) is 0 Å². The van der Waals surface area contributed by atoms with E-state index in [1.807, 2.05) is 6.92 Å². The molecule has 0 fully saturated rings. The van der Waals surface area contributed by atoms with Gasteiger partial charge < -0.3 is 20.1 Å². The number of hydrogen-bond donors (Lipinski definition) is 3. The Morgan fingerprint density at radius 1 is 1.14 bits per heavy atom. The number of carbonyl (C=O) groups is 2. The van der Waals surface area contributed by atoms with Gasteiger partial charge in [-0.15, -0.1) is 24.8 Å². The van der Waals surface area contributed by atoms with Crippen molar-refractivity contribution in [2.45, 2.75) is 46.7 Å². The van der Waals surface area contributed by atoms with Gasteiger partial charge in [-0.05, 0) is 20.8 Å². The predicted octanol–water partition coefficient (Wildman–Crippen LogP) is 1.62. The molecule has 0 radical (unpaired) electrons. The summed E-state index contributed by atoms with van der Waals surface area (Å²) in [7, 11) is 0. The number of rotatable bonds is 7. The molecule has 134 valence electrons. The number of halogens is 2. The molecule has 10 heteroatoms. The minimum atomic E-state index is -1.39. The van der Waals surface area contributed by atoms with Crippen LogP contribution in [0, 0.1) is 0 Å². The fourth-order valence-electron chi connectivity index (χ4n) is 1.76. The molecule has 4 N–H and O–H groups in total. The van der Waals surface area contributed by atoms with Crippen LogP contribution >= 0.6 is 24.8 Å². The van der Waals surface area contributed by atoms with Crippen LogP contribution in [0.5, 0.6) is 0 Å². The molecule has 22 heavy (non-hydrogen) atoms. The first-order valence-electron chi connectivity index (χ1n) is 6.75. The quantitative estimate of drug-likeness (QED) is 0.594. The van der Waals surface area contributed by atoms with Crippen molar-refractivity contribution < 1.29 is 19.1 Å². The fraction of sp³-hybridized carbons (Fsp3) is 0.833. The summed E-state index contributed by atoms with van der Waals surface area (Å²) in [6.45, 7) is 9.91. The van der Waals surface area contributed by atoms with E-state index in [4.69, 9.17) is 15.2 Å². The van der Waals surface area contributed by atoms with Gasteiger partial charge in [0.15, 0.2) is 6.23 Å². The second-order valence-electron chi connectivity index (χ2n) is 4.30. The number of nitrogens with one attached hydrogen (secondary N) is 2. The molecule has 0 aliphatic rings. The van der Waals surface area contributed by atoms with E-state index in [2.05, 4.69) is 10.6 Å². The second-order valence-corrected chi connectivity index (χ2v) is 4.30. The molecule has 0 spiro atoms. The first-order chi connectivity index (χ1) is 9.28. The standard InChI is InChI=1S/C12H26N4O4.2ClH/c1-6-14-10(17)19-9(4)16(8-3)12(5,13)20-11(18)15-7-2;;/h9H,6-8,13H2,1-5H3,(H,14,17)(H,15,18);2*1H. The Morgan fingerprint density at radius 3 is 2.00 bits per heavy atom. The molecule has 8 nitrogen and oxygen atoms in total. The zero-order valence-electron chi connectivity index (χ0n) is 13.7. The van der Waals surface area contributed by atoms with Crippen molar-refractivity contribution in [1.29, 1.82) is 0 Å². The molecular weight excluding hydrogens is 335 g/mol. The van der Waals surface area contributed by atoms with Gasteiger partial charge in [0.1, 0.15) is 0 Å². The van der Waals surface area contributed by atoms with Crippen molar-refractivity contribution in [3.63, 3.8) is 0 Å². The highest BCUT2D eigenvalue weighted by Crippen LogP contribution is 2.15. The van der Waals surface area contributed by atoms with Crippen molar-refractivity contribution in [1.82, 2.24) is 15.5 Å². The lowest BCUT2D eigenvalue weighted by Crippen LogP contribution is -2.61. The van der Waals surface area contributed by atoms with Crippen molar-refractivity contribution >= 4 is 37.0 Å². The Morgan fingerprint density at radius 2 is 1.59 bits per heavy atom. The van der Waals surface area contributed by atoms with Crippen LogP contribution in [0.25, 0.3) is 0 Å². The van der Waals surface area contributed by atoms with E-state index >= 15 is 0 Å². The van der Waals surface area contributed by atoms with E-state index in [-0.39, 0.29) is 24.8 Å². The molecule has 2 atom stereocenters. The number of hydrogen-bond acceptors (Lipinski definition) is 6. The highest BCUT2D eigenvalue weighted by Gasteiger charge is 2.35. The summed E-state index contributed by atoms with van der Waals surface area (Å²) in [6, 6.07) is 0. The lowest BCUT2D eigenvalue weighted by Gasteiger charge is -2.39. The van der Waals surface area contributed by atoms with Gasteiger partial charge >= 0.3 is 12.2 Å². The second kappa shape index (κ2) is 12.6. The summed E-state index contributed by atoms with van der Waals surface area (Å²) in [4.78, 5) is 24.4. The van der Waals surface area contributed by atoms with Crippen molar-refractivity contribution in [3.8, 4) is 0 Å². The first-order valence-corrected chi connectivity index (χ1v) is 6.75. The van der Waals surface area contributed by atoms with Gasteiger partial charge in [-0.3, -0.25) is 5.73 Å². The van der Waals surface area contributed by atoms with Crippen molar-refractivity contribution in [3.05, 3.63) is 0 Å². The lowest BCUT2D eigenvalue weighted by molar-refractivity contribution is -0.156. The first kappa shape index (κ1) is 26.0. The van der Waals surface area contributed by atoms with Crippen LogP contribution < -0.4 is 16.4 Å². The maximum Gasteiger partial charge on any atom is 0.409 e. The third-order valence-electron chi connectivity index (χ3n) is 2.57. The summed E-state index contributed by atoms with van der Waals surface area (Å²) in [6.07, 6.45) is -1.82. The van der Waals surface area contributed by atoms with E-state index in [1.165, 1.54) is 6.92 Å². The zero-order valence-corrected chi connectivity index (χ0v) is 15.3. The summed E-state index contributed by atoms with van der Waals surface area (Å²) >= 11 is 0. The minimum absolute atomic E-state index is 0. The van der Waals surface area contributed by atoms with E-state index in [9.17, 15) is 9.59 Å².